The number of methoxy groups -OCH3 is 1. The number of carbonyl (C=O) groups excluding carboxylic acids is 1. The van der Waals surface area contributed by atoms with Gasteiger partial charge in [0.1, 0.15) is 11.3 Å². The van der Waals surface area contributed by atoms with Crippen LogP contribution in [0.15, 0.2) is 47.8 Å². The Morgan fingerprint density at radius 3 is 2.83 bits per heavy atom. The van der Waals surface area contributed by atoms with Gasteiger partial charge in [0.05, 0.1) is 18.2 Å². The molecule has 9 heteroatoms. The maximum Gasteiger partial charge on any atom is 0.270 e. The maximum atomic E-state index is 12.4. The lowest BCUT2D eigenvalue weighted by Crippen LogP contribution is -2.30. The highest BCUT2D eigenvalue weighted by Crippen LogP contribution is 2.21. The molecule has 2 heterocycles. The quantitative estimate of drug-likeness (QED) is 0.760. The third-order valence-electron chi connectivity index (χ3n) is 3.43. The molecule has 0 unspecified atom stereocenters. The zero-order valence-electron chi connectivity index (χ0n) is 12.9. The van der Waals surface area contributed by atoms with Crippen molar-refractivity contribution in [3.05, 3.63) is 54.0 Å². The van der Waals surface area contributed by atoms with Crippen LogP contribution < -0.4 is 9.46 Å². The van der Waals surface area contributed by atoms with Crippen LogP contribution in [0.4, 0.5) is 0 Å². The number of carbonyl (C=O) groups is 1. The number of nitrogens with one attached hydrogen (secondary N) is 1. The van der Waals surface area contributed by atoms with Crippen molar-refractivity contribution in [3.63, 3.8) is 0 Å². The molecule has 3 rings (SSSR count). The van der Waals surface area contributed by atoms with Crippen molar-refractivity contribution in [3.8, 4) is 5.75 Å². The minimum Gasteiger partial charge on any atom is -0.496 e. The van der Waals surface area contributed by atoms with E-state index in [0.717, 1.165) is 0 Å². The van der Waals surface area contributed by atoms with Gasteiger partial charge in [-0.1, -0.05) is 0 Å². The molecule has 3 aromatic rings. The van der Waals surface area contributed by atoms with Crippen LogP contribution in [0.25, 0.3) is 5.65 Å². The summed E-state index contributed by atoms with van der Waals surface area (Å²) in [4.78, 5) is 16.3. The molecular formula is C15H14N4O4S. The summed E-state index contributed by atoms with van der Waals surface area (Å²) in [5.74, 6) is -0.232. The summed E-state index contributed by atoms with van der Waals surface area (Å²) in [6.45, 7) is 1.72. The van der Waals surface area contributed by atoms with Gasteiger partial charge in [0.25, 0.3) is 15.9 Å². The van der Waals surface area contributed by atoms with Crippen LogP contribution in [0.3, 0.4) is 0 Å². The Balaban J connectivity index is 1.91. The topological polar surface area (TPSA) is 103 Å². The first-order valence-corrected chi connectivity index (χ1v) is 8.41. The van der Waals surface area contributed by atoms with Gasteiger partial charge >= 0.3 is 0 Å². The van der Waals surface area contributed by atoms with Gasteiger partial charge in [0.2, 0.25) is 0 Å². The van der Waals surface area contributed by atoms with Gasteiger partial charge in [-0.2, -0.15) is 5.10 Å². The van der Waals surface area contributed by atoms with Gasteiger partial charge in [0, 0.05) is 12.4 Å². The number of fused-ring (bicyclic) bond motifs is 1. The Bertz CT molecular complexity index is 1030. The minimum atomic E-state index is -4.02. The van der Waals surface area contributed by atoms with E-state index in [0.29, 0.717) is 11.3 Å². The zero-order chi connectivity index (χ0) is 17.3. The van der Waals surface area contributed by atoms with Crippen LogP contribution >= 0.6 is 0 Å². The van der Waals surface area contributed by atoms with Crippen molar-refractivity contribution in [2.45, 2.75) is 11.8 Å². The van der Waals surface area contributed by atoms with E-state index in [1.165, 1.54) is 42.2 Å². The number of hydrogen-bond acceptors (Lipinski definition) is 6. The number of amides is 1. The Morgan fingerprint density at radius 2 is 2.12 bits per heavy atom. The summed E-state index contributed by atoms with van der Waals surface area (Å²) in [5, 5.41) is 3.96. The predicted molar refractivity (Wildman–Crippen MR) is 85.4 cm³/mol. The molecule has 24 heavy (non-hydrogen) atoms. The molecule has 1 aromatic carbocycles. The molecule has 1 amide bonds. The second-order valence-corrected chi connectivity index (χ2v) is 6.69. The largest absolute Gasteiger partial charge is 0.496 e. The van der Waals surface area contributed by atoms with E-state index in [2.05, 4.69) is 10.1 Å². The molecule has 0 bridgehead atoms. The molecule has 0 saturated heterocycles. The summed E-state index contributed by atoms with van der Waals surface area (Å²) in [6, 6.07) is 5.99. The summed E-state index contributed by atoms with van der Waals surface area (Å²) in [6.07, 6.45) is 4.38. The average molecular weight is 346 g/mol. The number of aromatic nitrogens is 3. The normalized spacial score (nSPS) is 11.4. The number of aryl methyl sites for hydroxylation is 1. The summed E-state index contributed by atoms with van der Waals surface area (Å²) >= 11 is 0. The van der Waals surface area contributed by atoms with Crippen LogP contribution in [0.2, 0.25) is 0 Å². The molecule has 0 aliphatic heterocycles. The Kier molecular flexibility index (Phi) is 3.94. The molecular weight excluding hydrogens is 332 g/mol. The third kappa shape index (κ3) is 2.81. The van der Waals surface area contributed by atoms with E-state index in [4.69, 9.17) is 4.74 Å². The van der Waals surface area contributed by atoms with Crippen LogP contribution in [0.1, 0.15) is 15.9 Å². The van der Waals surface area contributed by atoms with Gasteiger partial charge in [-0.25, -0.2) is 22.6 Å². The van der Waals surface area contributed by atoms with Gasteiger partial charge in [-0.3, -0.25) is 4.79 Å². The van der Waals surface area contributed by atoms with Crippen molar-refractivity contribution >= 4 is 21.6 Å². The first-order valence-electron chi connectivity index (χ1n) is 6.92. The second-order valence-electron chi connectivity index (χ2n) is 5.01. The number of ether oxygens (including phenoxy) is 1. The lowest BCUT2D eigenvalue weighted by atomic mass is 10.2. The zero-order valence-corrected chi connectivity index (χ0v) is 13.7. The van der Waals surface area contributed by atoms with Crippen LogP contribution in [-0.4, -0.2) is 36.0 Å². The van der Waals surface area contributed by atoms with E-state index in [9.17, 15) is 13.2 Å². The highest BCUT2D eigenvalue weighted by Gasteiger charge is 2.22. The second kappa shape index (κ2) is 5.93. The lowest BCUT2D eigenvalue weighted by Gasteiger charge is -2.09. The Morgan fingerprint density at radius 1 is 1.33 bits per heavy atom. The van der Waals surface area contributed by atoms with Gasteiger partial charge in [-0.05, 0) is 36.8 Å². The number of benzene rings is 1. The van der Waals surface area contributed by atoms with E-state index >= 15 is 0 Å². The molecule has 0 saturated carbocycles. The monoisotopic (exact) mass is 346 g/mol. The van der Waals surface area contributed by atoms with Crippen molar-refractivity contribution < 1.29 is 17.9 Å². The van der Waals surface area contributed by atoms with Crippen molar-refractivity contribution in [2.24, 2.45) is 0 Å². The fourth-order valence-corrected chi connectivity index (χ4v) is 3.29. The highest BCUT2D eigenvalue weighted by molar-refractivity contribution is 7.90. The first-order chi connectivity index (χ1) is 11.4. The number of nitrogens with zero attached hydrogens (tertiary/aromatic N) is 3. The number of hydrogen-bond donors (Lipinski definition) is 1. The van der Waals surface area contributed by atoms with Gasteiger partial charge in [0.15, 0.2) is 5.65 Å². The fraction of sp³-hybridized carbons (Fsp3) is 0.133. The molecule has 0 radical (unpaired) electrons. The Labute approximate surface area is 138 Å². The standard InChI is InChI=1S/C15H14N4O4S/c1-10-8-11(4-5-13(10)23-2)24(21,22)18-15(20)12-9-17-19-7-3-6-16-14(12)19/h3-9H,1-2H3,(H,18,20). The van der Waals surface area contributed by atoms with Crippen molar-refractivity contribution in [1.29, 1.82) is 0 Å². The van der Waals surface area contributed by atoms with Crippen LogP contribution in [-0.2, 0) is 10.0 Å². The SMILES string of the molecule is COc1ccc(S(=O)(=O)NC(=O)c2cnn3cccnc23)cc1C. The average Bonchev–Trinajstić information content (AvgIpc) is 2.98. The molecule has 0 fully saturated rings. The van der Waals surface area contributed by atoms with Crippen molar-refractivity contribution in [1.82, 2.24) is 19.3 Å². The highest BCUT2D eigenvalue weighted by atomic mass is 32.2. The molecule has 0 atom stereocenters. The molecule has 1 N–H and O–H groups in total. The summed E-state index contributed by atoms with van der Waals surface area (Å²) in [5.41, 5.74) is 0.992. The van der Waals surface area contributed by atoms with E-state index in [1.54, 1.807) is 19.2 Å². The molecule has 0 spiro atoms. The predicted octanol–water partition coefficient (Wildman–Crippen LogP) is 1.17. The van der Waals surface area contributed by atoms with Crippen molar-refractivity contribution in [2.75, 3.05) is 7.11 Å². The fourth-order valence-electron chi connectivity index (χ4n) is 2.24. The third-order valence-corrected chi connectivity index (χ3v) is 4.76. The van der Waals surface area contributed by atoms with Crippen LogP contribution in [0, 0.1) is 6.92 Å². The molecule has 8 nitrogen and oxygen atoms in total. The smallest absolute Gasteiger partial charge is 0.270 e. The van der Waals surface area contributed by atoms with E-state index < -0.39 is 15.9 Å². The van der Waals surface area contributed by atoms with E-state index in [1.807, 2.05) is 4.72 Å². The summed E-state index contributed by atoms with van der Waals surface area (Å²) < 4.78 is 33.3. The van der Waals surface area contributed by atoms with Gasteiger partial charge < -0.3 is 4.74 Å². The molecule has 124 valence electrons. The van der Waals surface area contributed by atoms with Gasteiger partial charge in [-0.15, -0.1) is 0 Å². The number of sulfonamides is 1. The van der Waals surface area contributed by atoms with E-state index in [-0.39, 0.29) is 16.1 Å². The summed E-state index contributed by atoms with van der Waals surface area (Å²) in [7, 11) is -2.53. The minimum absolute atomic E-state index is 0.0291. The van der Waals surface area contributed by atoms with Crippen LogP contribution in [0.5, 0.6) is 5.75 Å². The maximum absolute atomic E-state index is 12.4. The molecule has 2 aromatic heterocycles. The number of rotatable bonds is 4. The lowest BCUT2D eigenvalue weighted by molar-refractivity contribution is 0.0983. The Hall–Kier alpha value is -2.94. The first kappa shape index (κ1) is 15.9. The molecule has 0 aliphatic carbocycles. The molecule has 0 aliphatic rings.